The number of aliphatic hydroxyl groups is 1. The number of methoxy groups -OCH3 is 1. The molecule has 0 saturated carbocycles. The van der Waals surface area contributed by atoms with E-state index >= 15 is 0 Å². The van der Waals surface area contributed by atoms with Crippen LogP contribution in [0.15, 0.2) is 24.3 Å². The van der Waals surface area contributed by atoms with Crippen LogP contribution in [-0.4, -0.2) is 36.9 Å². The van der Waals surface area contributed by atoms with Crippen molar-refractivity contribution in [3.8, 4) is 11.5 Å². The number of carbonyl (C=O) groups excluding carboxylic acids is 1. The van der Waals surface area contributed by atoms with Gasteiger partial charge in [-0.2, -0.15) is 0 Å². The third kappa shape index (κ3) is 4.25. The molecule has 0 aliphatic heterocycles. The van der Waals surface area contributed by atoms with Crippen LogP contribution in [0.25, 0.3) is 0 Å². The maximum Gasteiger partial charge on any atom is 0.258 e. The topological polar surface area (TPSA) is 67.8 Å². The number of amides is 1. The molecule has 1 rings (SSSR count). The van der Waals surface area contributed by atoms with Gasteiger partial charge < -0.3 is 19.9 Å². The fourth-order valence-electron chi connectivity index (χ4n) is 1.33. The standard InChI is InChI=1S/C13H19NO4/c1-13(2,9-15)14-12(16)8-18-11-7-5-4-6-10(11)17-3/h4-7,15H,8-9H2,1-3H3,(H,14,16). The quantitative estimate of drug-likeness (QED) is 0.792. The average Bonchev–Trinajstić information content (AvgIpc) is 2.36. The van der Waals surface area contributed by atoms with Crippen molar-refractivity contribution in [3.05, 3.63) is 24.3 Å². The minimum Gasteiger partial charge on any atom is -0.493 e. The van der Waals surface area contributed by atoms with E-state index in [1.807, 2.05) is 6.07 Å². The van der Waals surface area contributed by atoms with Crippen molar-refractivity contribution in [2.75, 3.05) is 20.3 Å². The molecule has 0 aromatic heterocycles. The van der Waals surface area contributed by atoms with Crippen LogP contribution >= 0.6 is 0 Å². The van der Waals surface area contributed by atoms with Gasteiger partial charge in [0.05, 0.1) is 19.3 Å². The molecule has 0 radical (unpaired) electrons. The Balaban J connectivity index is 2.52. The molecule has 0 saturated heterocycles. The number of aliphatic hydroxyl groups excluding tert-OH is 1. The second-order valence-electron chi connectivity index (χ2n) is 4.53. The van der Waals surface area contributed by atoms with Crippen LogP contribution in [0.5, 0.6) is 11.5 Å². The van der Waals surface area contributed by atoms with Gasteiger partial charge in [0.25, 0.3) is 5.91 Å². The lowest BCUT2D eigenvalue weighted by Crippen LogP contribution is -2.48. The maximum atomic E-state index is 11.6. The van der Waals surface area contributed by atoms with Crippen LogP contribution in [0.1, 0.15) is 13.8 Å². The van der Waals surface area contributed by atoms with E-state index in [-0.39, 0.29) is 19.1 Å². The number of hydrogen-bond donors (Lipinski definition) is 2. The smallest absolute Gasteiger partial charge is 0.258 e. The van der Waals surface area contributed by atoms with Crippen molar-refractivity contribution in [1.29, 1.82) is 0 Å². The second kappa shape index (κ2) is 6.26. The molecule has 0 fully saturated rings. The molecule has 5 heteroatoms. The normalized spacial score (nSPS) is 10.9. The molecular weight excluding hydrogens is 234 g/mol. The predicted octanol–water partition coefficient (Wildman–Crippen LogP) is 0.961. The number of ether oxygens (including phenoxy) is 2. The molecule has 0 heterocycles. The molecule has 0 aliphatic carbocycles. The lowest BCUT2D eigenvalue weighted by atomic mass is 10.1. The Morgan fingerprint density at radius 3 is 2.50 bits per heavy atom. The van der Waals surface area contributed by atoms with Crippen LogP contribution < -0.4 is 14.8 Å². The van der Waals surface area contributed by atoms with E-state index in [0.717, 1.165) is 0 Å². The number of rotatable bonds is 6. The molecule has 0 unspecified atom stereocenters. The molecule has 0 spiro atoms. The zero-order chi connectivity index (χ0) is 13.6. The highest BCUT2D eigenvalue weighted by atomic mass is 16.5. The van der Waals surface area contributed by atoms with Gasteiger partial charge >= 0.3 is 0 Å². The Labute approximate surface area is 107 Å². The van der Waals surface area contributed by atoms with E-state index in [1.54, 1.807) is 32.0 Å². The highest BCUT2D eigenvalue weighted by Crippen LogP contribution is 2.25. The molecular formula is C13H19NO4. The summed E-state index contributed by atoms with van der Waals surface area (Å²) < 4.78 is 10.5. The highest BCUT2D eigenvalue weighted by molar-refractivity contribution is 5.78. The average molecular weight is 253 g/mol. The summed E-state index contributed by atoms with van der Waals surface area (Å²) in [4.78, 5) is 11.6. The van der Waals surface area contributed by atoms with Crippen LogP contribution in [-0.2, 0) is 4.79 Å². The van der Waals surface area contributed by atoms with Crippen molar-refractivity contribution in [2.45, 2.75) is 19.4 Å². The number of benzene rings is 1. The van der Waals surface area contributed by atoms with Gasteiger partial charge in [-0.1, -0.05) is 12.1 Å². The zero-order valence-corrected chi connectivity index (χ0v) is 10.9. The highest BCUT2D eigenvalue weighted by Gasteiger charge is 2.19. The molecule has 1 aromatic rings. The first-order chi connectivity index (χ1) is 8.48. The summed E-state index contributed by atoms with van der Waals surface area (Å²) in [6.07, 6.45) is 0. The van der Waals surface area contributed by atoms with Crippen LogP contribution in [0.3, 0.4) is 0 Å². The number of para-hydroxylation sites is 2. The lowest BCUT2D eigenvalue weighted by molar-refractivity contribution is -0.125. The van der Waals surface area contributed by atoms with Crippen molar-refractivity contribution < 1.29 is 19.4 Å². The SMILES string of the molecule is COc1ccccc1OCC(=O)NC(C)(C)CO. The van der Waals surface area contributed by atoms with E-state index in [4.69, 9.17) is 14.6 Å². The summed E-state index contributed by atoms with van der Waals surface area (Å²) in [7, 11) is 1.54. The van der Waals surface area contributed by atoms with Crippen molar-refractivity contribution >= 4 is 5.91 Å². The largest absolute Gasteiger partial charge is 0.493 e. The van der Waals surface area contributed by atoms with Crippen LogP contribution in [0.4, 0.5) is 0 Å². The second-order valence-corrected chi connectivity index (χ2v) is 4.53. The summed E-state index contributed by atoms with van der Waals surface area (Å²) in [6.45, 7) is 3.21. The molecule has 1 amide bonds. The predicted molar refractivity (Wildman–Crippen MR) is 67.8 cm³/mol. The summed E-state index contributed by atoms with van der Waals surface area (Å²) in [5, 5.41) is 11.7. The molecule has 0 atom stereocenters. The zero-order valence-electron chi connectivity index (χ0n) is 10.9. The Morgan fingerprint density at radius 2 is 1.94 bits per heavy atom. The van der Waals surface area contributed by atoms with Gasteiger partial charge in [0.2, 0.25) is 0 Å². The summed E-state index contributed by atoms with van der Waals surface area (Å²) in [6, 6.07) is 7.10. The van der Waals surface area contributed by atoms with Gasteiger partial charge in [0.1, 0.15) is 0 Å². The Bertz CT molecular complexity index is 404. The van der Waals surface area contributed by atoms with Crippen molar-refractivity contribution in [3.63, 3.8) is 0 Å². The monoisotopic (exact) mass is 253 g/mol. The fraction of sp³-hybridized carbons (Fsp3) is 0.462. The Morgan fingerprint density at radius 1 is 1.33 bits per heavy atom. The first-order valence-electron chi connectivity index (χ1n) is 5.66. The molecule has 1 aromatic carbocycles. The van der Waals surface area contributed by atoms with E-state index in [1.165, 1.54) is 7.11 Å². The van der Waals surface area contributed by atoms with Gasteiger partial charge in [-0.3, -0.25) is 4.79 Å². The van der Waals surface area contributed by atoms with Gasteiger partial charge in [0, 0.05) is 0 Å². The molecule has 0 aliphatic rings. The number of nitrogens with one attached hydrogen (secondary N) is 1. The van der Waals surface area contributed by atoms with Gasteiger partial charge in [-0.05, 0) is 26.0 Å². The van der Waals surface area contributed by atoms with Gasteiger partial charge in [0.15, 0.2) is 18.1 Å². The van der Waals surface area contributed by atoms with Crippen molar-refractivity contribution in [2.24, 2.45) is 0 Å². The minimum absolute atomic E-state index is 0.121. The lowest BCUT2D eigenvalue weighted by Gasteiger charge is -2.23. The molecule has 18 heavy (non-hydrogen) atoms. The van der Waals surface area contributed by atoms with Gasteiger partial charge in [-0.25, -0.2) is 0 Å². The summed E-state index contributed by atoms with van der Waals surface area (Å²) >= 11 is 0. The number of carbonyl (C=O) groups is 1. The Kier molecular flexibility index (Phi) is 4.97. The van der Waals surface area contributed by atoms with E-state index in [2.05, 4.69) is 5.32 Å². The molecule has 0 bridgehead atoms. The molecule has 100 valence electrons. The molecule has 5 nitrogen and oxygen atoms in total. The first kappa shape index (κ1) is 14.3. The maximum absolute atomic E-state index is 11.6. The van der Waals surface area contributed by atoms with Gasteiger partial charge in [-0.15, -0.1) is 0 Å². The third-order valence-electron chi connectivity index (χ3n) is 2.30. The summed E-state index contributed by atoms with van der Waals surface area (Å²) in [5.74, 6) is 0.795. The first-order valence-corrected chi connectivity index (χ1v) is 5.66. The Hall–Kier alpha value is -1.75. The van der Waals surface area contributed by atoms with Crippen LogP contribution in [0, 0.1) is 0 Å². The van der Waals surface area contributed by atoms with Crippen molar-refractivity contribution in [1.82, 2.24) is 5.32 Å². The van der Waals surface area contributed by atoms with E-state index in [0.29, 0.717) is 11.5 Å². The number of hydrogen-bond acceptors (Lipinski definition) is 4. The fourth-order valence-corrected chi connectivity index (χ4v) is 1.33. The van der Waals surface area contributed by atoms with E-state index in [9.17, 15) is 4.79 Å². The molecule has 2 N–H and O–H groups in total. The summed E-state index contributed by atoms with van der Waals surface area (Å²) in [5.41, 5.74) is -0.652. The third-order valence-corrected chi connectivity index (χ3v) is 2.30. The van der Waals surface area contributed by atoms with E-state index < -0.39 is 5.54 Å². The van der Waals surface area contributed by atoms with Crippen LogP contribution in [0.2, 0.25) is 0 Å². The minimum atomic E-state index is -0.652.